The van der Waals surface area contributed by atoms with Crippen molar-refractivity contribution in [2.45, 2.75) is 45.5 Å². The number of aryl methyl sites for hydroxylation is 2. The number of fused-ring (bicyclic) bond motifs is 1. The molecule has 0 aromatic heterocycles. The van der Waals surface area contributed by atoms with Crippen molar-refractivity contribution < 1.29 is 13.2 Å². The molecule has 4 heteroatoms. The molecule has 182 valence electrons. The van der Waals surface area contributed by atoms with Gasteiger partial charge in [0.25, 0.3) is 0 Å². The van der Waals surface area contributed by atoms with E-state index in [0.29, 0.717) is 12.5 Å². The Balaban J connectivity index is 1.43. The number of hydrogen-bond acceptors (Lipinski definition) is 1. The van der Waals surface area contributed by atoms with Gasteiger partial charge < -0.3 is 4.90 Å². The fraction of sp³-hybridized carbons (Fsp3) is 0.355. The minimum atomic E-state index is -2.21. The summed E-state index contributed by atoms with van der Waals surface area (Å²) in [6, 6.07) is 22.6. The van der Waals surface area contributed by atoms with E-state index in [2.05, 4.69) is 53.4 Å². The first-order valence-corrected chi connectivity index (χ1v) is 12.7. The highest BCUT2D eigenvalue weighted by Crippen LogP contribution is 2.40. The summed E-state index contributed by atoms with van der Waals surface area (Å²) in [7, 11) is 0. The van der Waals surface area contributed by atoms with Gasteiger partial charge in [0.1, 0.15) is 5.82 Å². The van der Waals surface area contributed by atoms with Crippen LogP contribution in [0.3, 0.4) is 0 Å². The second kappa shape index (κ2) is 10.4. The highest BCUT2D eigenvalue weighted by molar-refractivity contribution is 6.00. The van der Waals surface area contributed by atoms with Crippen molar-refractivity contribution in [2.75, 3.05) is 19.6 Å². The molecule has 0 spiro atoms. The SMILES string of the molecule is Cc1cc(F)ccc1C1=C(c2ccc(CC3CN(CCC(F)F)C3)cc2)c2ccccc2CCC1. The van der Waals surface area contributed by atoms with Crippen molar-refractivity contribution >= 4 is 11.1 Å². The molecule has 2 aliphatic rings. The largest absolute Gasteiger partial charge is 0.302 e. The van der Waals surface area contributed by atoms with Crippen LogP contribution in [0.5, 0.6) is 0 Å². The number of hydrogen-bond donors (Lipinski definition) is 0. The number of halogens is 3. The predicted octanol–water partition coefficient (Wildman–Crippen LogP) is 7.56. The Kier molecular flexibility index (Phi) is 7.10. The molecular formula is C31H32F3N. The van der Waals surface area contributed by atoms with E-state index in [1.54, 1.807) is 12.1 Å². The molecule has 0 N–H and O–H groups in total. The molecule has 0 amide bonds. The van der Waals surface area contributed by atoms with Crippen LogP contribution in [0.25, 0.3) is 11.1 Å². The van der Waals surface area contributed by atoms with Crippen LogP contribution < -0.4 is 0 Å². The van der Waals surface area contributed by atoms with Crippen molar-refractivity contribution in [3.05, 3.63) is 106 Å². The maximum atomic E-state index is 13.9. The van der Waals surface area contributed by atoms with Gasteiger partial charge in [-0.2, -0.15) is 0 Å². The van der Waals surface area contributed by atoms with E-state index in [-0.39, 0.29) is 12.2 Å². The van der Waals surface area contributed by atoms with E-state index in [0.717, 1.165) is 49.9 Å². The Hall–Kier alpha value is -2.85. The Labute approximate surface area is 206 Å². The summed E-state index contributed by atoms with van der Waals surface area (Å²) in [6.45, 7) is 4.29. The predicted molar refractivity (Wildman–Crippen MR) is 137 cm³/mol. The van der Waals surface area contributed by atoms with Gasteiger partial charge in [0.15, 0.2) is 0 Å². The number of nitrogens with zero attached hydrogens (tertiary/aromatic N) is 1. The topological polar surface area (TPSA) is 3.24 Å². The van der Waals surface area contributed by atoms with Crippen LogP contribution in [0.15, 0.2) is 66.7 Å². The van der Waals surface area contributed by atoms with E-state index < -0.39 is 6.43 Å². The summed E-state index contributed by atoms with van der Waals surface area (Å²) in [5.74, 6) is 0.337. The lowest BCUT2D eigenvalue weighted by molar-refractivity contribution is 0.0626. The maximum absolute atomic E-state index is 13.9. The average Bonchev–Trinajstić information content (AvgIpc) is 3.00. The third-order valence-electron chi connectivity index (χ3n) is 7.44. The molecule has 1 heterocycles. The summed E-state index contributed by atoms with van der Waals surface area (Å²) < 4.78 is 38.8. The molecule has 0 unspecified atom stereocenters. The first kappa shape index (κ1) is 23.9. The van der Waals surface area contributed by atoms with Crippen LogP contribution in [0, 0.1) is 18.7 Å². The zero-order valence-corrected chi connectivity index (χ0v) is 20.2. The van der Waals surface area contributed by atoms with Gasteiger partial charge in [0.05, 0.1) is 0 Å². The highest BCUT2D eigenvalue weighted by atomic mass is 19.3. The summed E-state index contributed by atoms with van der Waals surface area (Å²) in [6.07, 6.45) is 1.78. The smallest absolute Gasteiger partial charge is 0.239 e. The summed E-state index contributed by atoms with van der Waals surface area (Å²) in [5, 5.41) is 0. The van der Waals surface area contributed by atoms with Crippen molar-refractivity contribution in [3.63, 3.8) is 0 Å². The lowest BCUT2D eigenvalue weighted by atomic mass is 9.85. The molecule has 3 aromatic carbocycles. The van der Waals surface area contributed by atoms with Gasteiger partial charge in [-0.05, 0) is 95.2 Å². The normalized spacial score (nSPS) is 16.8. The lowest BCUT2D eigenvalue weighted by Crippen LogP contribution is -2.48. The van der Waals surface area contributed by atoms with E-state index in [1.807, 2.05) is 13.0 Å². The Morgan fingerprint density at radius 1 is 0.914 bits per heavy atom. The number of benzene rings is 3. The molecule has 1 saturated heterocycles. The molecule has 1 aliphatic heterocycles. The van der Waals surface area contributed by atoms with Crippen molar-refractivity contribution in [1.29, 1.82) is 0 Å². The van der Waals surface area contributed by atoms with Crippen molar-refractivity contribution in [2.24, 2.45) is 5.92 Å². The Morgan fingerprint density at radius 2 is 1.69 bits per heavy atom. The molecule has 3 aromatic rings. The zero-order chi connectivity index (χ0) is 24.4. The number of rotatable bonds is 7. The summed E-state index contributed by atoms with van der Waals surface area (Å²) in [5.41, 5.74) is 9.73. The van der Waals surface area contributed by atoms with Crippen LogP contribution in [-0.2, 0) is 12.8 Å². The van der Waals surface area contributed by atoms with Crippen molar-refractivity contribution in [1.82, 2.24) is 4.90 Å². The van der Waals surface area contributed by atoms with Gasteiger partial charge in [-0.1, -0.05) is 54.6 Å². The molecule has 0 radical (unpaired) electrons. The summed E-state index contributed by atoms with van der Waals surface area (Å²) >= 11 is 0. The maximum Gasteiger partial charge on any atom is 0.239 e. The van der Waals surface area contributed by atoms with Crippen molar-refractivity contribution in [3.8, 4) is 0 Å². The second-order valence-corrected chi connectivity index (χ2v) is 10.0. The van der Waals surface area contributed by atoms with Crippen LogP contribution in [-0.4, -0.2) is 31.0 Å². The van der Waals surface area contributed by atoms with Crippen LogP contribution >= 0.6 is 0 Å². The Morgan fingerprint density at radius 3 is 2.43 bits per heavy atom. The van der Waals surface area contributed by atoms with Crippen LogP contribution in [0.2, 0.25) is 0 Å². The molecule has 5 rings (SSSR count). The second-order valence-electron chi connectivity index (χ2n) is 10.0. The number of likely N-dealkylation sites (tertiary alicyclic amines) is 1. The van der Waals surface area contributed by atoms with E-state index in [4.69, 9.17) is 0 Å². The van der Waals surface area contributed by atoms with E-state index >= 15 is 0 Å². The summed E-state index contributed by atoms with van der Waals surface area (Å²) in [4.78, 5) is 2.12. The van der Waals surface area contributed by atoms with E-state index in [1.165, 1.54) is 33.4 Å². The van der Waals surface area contributed by atoms with Crippen LogP contribution in [0.4, 0.5) is 13.2 Å². The molecule has 1 aliphatic carbocycles. The minimum absolute atomic E-state index is 0.0339. The van der Waals surface area contributed by atoms with Gasteiger partial charge in [-0.3, -0.25) is 0 Å². The minimum Gasteiger partial charge on any atom is -0.302 e. The number of alkyl halides is 2. The third-order valence-corrected chi connectivity index (χ3v) is 7.44. The number of allylic oxidation sites excluding steroid dienone is 1. The molecular weight excluding hydrogens is 443 g/mol. The molecule has 1 fully saturated rings. The fourth-order valence-corrected chi connectivity index (χ4v) is 5.70. The first-order chi connectivity index (χ1) is 17.0. The van der Waals surface area contributed by atoms with Gasteiger partial charge in [0, 0.05) is 26.1 Å². The molecule has 1 nitrogen and oxygen atoms in total. The molecule has 35 heavy (non-hydrogen) atoms. The van der Waals surface area contributed by atoms with Crippen LogP contribution in [0.1, 0.15) is 52.6 Å². The molecule has 0 saturated carbocycles. The molecule has 0 atom stereocenters. The standard InChI is InChI=1S/C31H32F3N/c1-21-17-26(32)13-14-27(21)29-8-4-6-24-5-2-3-7-28(24)31(29)25-11-9-22(10-12-25)18-23-19-35(20-23)16-15-30(33)34/h2-3,5,7,9-14,17,23,30H,4,6,8,15-16,18-20H2,1H3. The Bertz CT molecular complexity index is 1210. The zero-order valence-electron chi connectivity index (χ0n) is 20.2. The lowest BCUT2D eigenvalue weighted by Gasteiger charge is -2.39. The van der Waals surface area contributed by atoms with Gasteiger partial charge in [-0.15, -0.1) is 0 Å². The quantitative estimate of drug-likeness (QED) is 0.341. The molecule has 0 bridgehead atoms. The monoisotopic (exact) mass is 475 g/mol. The fourth-order valence-electron chi connectivity index (χ4n) is 5.70. The average molecular weight is 476 g/mol. The highest BCUT2D eigenvalue weighted by Gasteiger charge is 2.27. The van der Waals surface area contributed by atoms with E-state index in [9.17, 15) is 13.2 Å². The van der Waals surface area contributed by atoms with Gasteiger partial charge >= 0.3 is 0 Å². The first-order valence-electron chi connectivity index (χ1n) is 12.7. The van der Waals surface area contributed by atoms with Gasteiger partial charge in [0.2, 0.25) is 6.43 Å². The third kappa shape index (κ3) is 5.38. The van der Waals surface area contributed by atoms with Gasteiger partial charge in [-0.25, -0.2) is 13.2 Å².